The van der Waals surface area contributed by atoms with Gasteiger partial charge in [0.1, 0.15) is 28.4 Å². The maximum absolute atomic E-state index is 14.4. The van der Waals surface area contributed by atoms with Crippen molar-refractivity contribution in [3.8, 4) is 16.9 Å². The van der Waals surface area contributed by atoms with Crippen LogP contribution in [0, 0.1) is 12.3 Å². The molecule has 1 aromatic heterocycles. The number of carbonyl (C=O) groups excluding carboxylic acids is 5. The van der Waals surface area contributed by atoms with Crippen molar-refractivity contribution in [2.75, 3.05) is 31.8 Å². The standard InChI is InChI=1S/C49H64N8O11S3/c1-29-25-32(53-42(56-45(61)67-48(5,6)7)57-46(62)68-49(8,9)10)27-35(54-43(59)52-23-14-13-15-24-65-33-21-19-30(20-22-33)40(58)51-11)38(29)31-17-16-18-34(26-31)71(63,64)37-28-36(70-41(37)69-12)39(50)55-44(60)66-47(2,3)4/h16-22,25-28H,13-15,23-24H2,1-12H3,(H,51,58)(H2,50,55,60)(H2,52,54,59)(H2,53,56,57,61,62). The average molecular weight is 1040 g/mol. The van der Waals surface area contributed by atoms with Crippen molar-refractivity contribution in [1.82, 2.24) is 26.6 Å². The minimum absolute atomic E-state index is 0.0670. The number of aryl methyl sites for hydroxylation is 1. The highest BCUT2D eigenvalue weighted by Crippen LogP contribution is 2.40. The second-order valence-corrected chi connectivity index (χ2v) is 22.8. The zero-order valence-electron chi connectivity index (χ0n) is 42.0. The topological polar surface area (TPSA) is 265 Å². The number of hydrogen-bond acceptors (Lipinski definition) is 15. The molecule has 1 heterocycles. The number of thiophene rings is 1. The summed E-state index contributed by atoms with van der Waals surface area (Å²) in [5.74, 6) is -0.241. The van der Waals surface area contributed by atoms with Crippen LogP contribution in [0.2, 0.25) is 0 Å². The van der Waals surface area contributed by atoms with Gasteiger partial charge in [0, 0.05) is 24.7 Å². The lowest BCUT2D eigenvalue weighted by atomic mass is 9.97. The summed E-state index contributed by atoms with van der Waals surface area (Å²) < 4.78 is 51.2. The number of benzene rings is 3. The number of hydrogen-bond donors (Lipinski definition) is 7. The molecular weight excluding hydrogens is 973 g/mol. The number of nitrogens with zero attached hydrogens (tertiary/aromatic N) is 1. The van der Waals surface area contributed by atoms with Gasteiger partial charge in [-0.1, -0.05) is 12.1 Å². The summed E-state index contributed by atoms with van der Waals surface area (Å²) in [6.45, 7) is 17.5. The van der Waals surface area contributed by atoms with Crippen molar-refractivity contribution in [1.29, 1.82) is 5.41 Å². The second kappa shape index (κ2) is 24.5. The number of alkyl carbamates (subject to hydrolysis) is 3. The minimum Gasteiger partial charge on any atom is -0.494 e. The van der Waals surface area contributed by atoms with Gasteiger partial charge in [-0.15, -0.1) is 23.1 Å². The van der Waals surface area contributed by atoms with Crippen LogP contribution in [0.15, 0.2) is 85.7 Å². The van der Waals surface area contributed by atoms with Crippen LogP contribution in [-0.2, 0) is 24.0 Å². The van der Waals surface area contributed by atoms with Crippen molar-refractivity contribution in [3.63, 3.8) is 0 Å². The van der Waals surface area contributed by atoms with Gasteiger partial charge in [0.05, 0.1) is 36.9 Å². The van der Waals surface area contributed by atoms with Crippen molar-refractivity contribution in [2.24, 2.45) is 4.99 Å². The van der Waals surface area contributed by atoms with E-state index < -0.39 is 51.0 Å². The van der Waals surface area contributed by atoms with Crippen LogP contribution in [0.1, 0.15) is 102 Å². The average Bonchev–Trinajstić information content (AvgIpc) is 3.70. The predicted octanol–water partition coefficient (Wildman–Crippen LogP) is 9.90. The molecule has 0 saturated heterocycles. The summed E-state index contributed by atoms with van der Waals surface area (Å²) in [5, 5.41) is 24.1. The van der Waals surface area contributed by atoms with Crippen molar-refractivity contribution in [2.45, 2.75) is 119 Å². The SMILES string of the molecule is CNC(=O)c1ccc(OCCCCCNC(=O)Nc2cc(N=C(NC(=O)OC(C)(C)C)NC(=O)OC(C)(C)C)cc(C)c2-c2cccc(S(=O)(=O)c3cc(C(=N)NC(=O)OC(C)(C)C)sc3SC)c2)cc1. The molecule has 6 amide bonds. The van der Waals surface area contributed by atoms with Gasteiger partial charge < -0.3 is 34.9 Å². The van der Waals surface area contributed by atoms with Gasteiger partial charge in [0.25, 0.3) is 5.91 Å². The van der Waals surface area contributed by atoms with Gasteiger partial charge in [0.15, 0.2) is 0 Å². The lowest BCUT2D eigenvalue weighted by Crippen LogP contribution is -2.47. The van der Waals surface area contributed by atoms with E-state index in [4.69, 9.17) is 24.4 Å². The van der Waals surface area contributed by atoms with Crippen LogP contribution in [0.25, 0.3) is 11.1 Å². The first-order valence-electron chi connectivity index (χ1n) is 22.4. The minimum atomic E-state index is -4.25. The number of aliphatic imine (C=N–C) groups is 1. The maximum Gasteiger partial charge on any atom is 0.414 e. The normalized spacial score (nSPS) is 11.6. The molecule has 7 N–H and O–H groups in total. The Morgan fingerprint density at radius 3 is 1.92 bits per heavy atom. The summed E-state index contributed by atoms with van der Waals surface area (Å²) in [6, 6.07) is 16.8. The first kappa shape index (κ1) is 56.9. The number of nitrogens with one attached hydrogen (secondary N) is 7. The molecule has 0 fully saturated rings. The fourth-order valence-corrected chi connectivity index (χ4v) is 10.3. The Hall–Kier alpha value is -6.65. The van der Waals surface area contributed by atoms with E-state index in [1.54, 1.807) is 125 Å². The molecule has 0 unspecified atom stereocenters. The third kappa shape index (κ3) is 18.2. The van der Waals surface area contributed by atoms with Crippen LogP contribution in [0.4, 0.5) is 30.6 Å². The predicted molar refractivity (Wildman–Crippen MR) is 276 cm³/mol. The van der Waals surface area contributed by atoms with E-state index in [2.05, 4.69) is 36.9 Å². The quantitative estimate of drug-likeness (QED) is 0.0193. The summed E-state index contributed by atoms with van der Waals surface area (Å²) in [7, 11) is -2.69. The van der Waals surface area contributed by atoms with Crippen LogP contribution in [-0.4, -0.2) is 93.7 Å². The van der Waals surface area contributed by atoms with E-state index in [1.165, 1.54) is 36.0 Å². The lowest BCUT2D eigenvalue weighted by Gasteiger charge is -2.22. The molecule has 4 aromatic rings. The van der Waals surface area contributed by atoms with Crippen molar-refractivity contribution >= 4 is 86.3 Å². The smallest absolute Gasteiger partial charge is 0.414 e. The molecule has 0 saturated carbocycles. The Balaban J connectivity index is 1.67. The second-order valence-electron chi connectivity index (χ2n) is 18.8. The fraction of sp³-hybridized carbons (Fsp3) is 0.408. The fourth-order valence-electron chi connectivity index (χ4n) is 6.36. The number of unbranched alkanes of at least 4 members (excludes halogenated alkanes) is 2. The number of carbonyl (C=O) groups is 5. The first-order chi connectivity index (χ1) is 33.1. The number of sulfone groups is 1. The highest BCUT2D eigenvalue weighted by atomic mass is 32.2. The van der Waals surface area contributed by atoms with Gasteiger partial charge in [-0.25, -0.2) is 32.6 Å². The number of amides is 6. The number of guanidine groups is 1. The van der Waals surface area contributed by atoms with Gasteiger partial charge in [-0.2, -0.15) is 0 Å². The monoisotopic (exact) mass is 1040 g/mol. The number of amidine groups is 1. The highest BCUT2D eigenvalue weighted by Gasteiger charge is 2.28. The zero-order chi connectivity index (χ0) is 52.9. The molecule has 3 aromatic carbocycles. The summed E-state index contributed by atoms with van der Waals surface area (Å²) in [5.41, 5.74) is -0.392. The molecule has 71 heavy (non-hydrogen) atoms. The molecule has 4 rings (SSSR count). The van der Waals surface area contributed by atoms with Crippen molar-refractivity contribution < 1.29 is 51.3 Å². The zero-order valence-corrected chi connectivity index (χ0v) is 44.5. The lowest BCUT2D eigenvalue weighted by molar-refractivity contribution is 0.0535. The summed E-state index contributed by atoms with van der Waals surface area (Å²) in [4.78, 5) is 68.3. The molecule has 0 bridgehead atoms. The van der Waals surface area contributed by atoms with Gasteiger partial charge in [0.2, 0.25) is 15.8 Å². The molecule has 19 nitrogen and oxygen atoms in total. The number of ether oxygens (including phenoxy) is 4. The number of rotatable bonds is 15. The Bertz CT molecular complexity index is 2700. The van der Waals surface area contributed by atoms with E-state index >= 15 is 0 Å². The van der Waals surface area contributed by atoms with Crippen LogP contribution < -0.4 is 36.6 Å². The first-order valence-corrected chi connectivity index (χ1v) is 26.0. The van der Waals surface area contributed by atoms with E-state index in [0.29, 0.717) is 58.2 Å². The van der Waals surface area contributed by atoms with Gasteiger partial charge in [-0.3, -0.25) is 26.2 Å². The van der Waals surface area contributed by atoms with Crippen LogP contribution in [0.3, 0.4) is 0 Å². The third-order valence-corrected chi connectivity index (χ3v) is 13.5. The van der Waals surface area contributed by atoms with E-state index in [0.717, 1.165) is 17.8 Å². The largest absolute Gasteiger partial charge is 0.494 e. The van der Waals surface area contributed by atoms with Crippen LogP contribution >= 0.6 is 23.1 Å². The molecule has 22 heteroatoms. The van der Waals surface area contributed by atoms with E-state index in [-0.39, 0.29) is 43.7 Å². The van der Waals surface area contributed by atoms with Crippen molar-refractivity contribution in [3.05, 3.63) is 82.7 Å². The van der Waals surface area contributed by atoms with E-state index in [1.807, 2.05) is 0 Å². The van der Waals surface area contributed by atoms with Crippen LogP contribution in [0.5, 0.6) is 5.75 Å². The third-order valence-electron chi connectivity index (χ3n) is 9.21. The summed E-state index contributed by atoms with van der Waals surface area (Å²) in [6.07, 6.45) is 1.03. The molecule has 0 spiro atoms. The highest BCUT2D eigenvalue weighted by molar-refractivity contribution is 8.01. The molecule has 0 atom stereocenters. The molecular formula is C49H64N8O11S3. The number of anilines is 1. The van der Waals surface area contributed by atoms with E-state index in [9.17, 15) is 32.4 Å². The summed E-state index contributed by atoms with van der Waals surface area (Å²) >= 11 is 2.20. The Morgan fingerprint density at radius 2 is 1.35 bits per heavy atom. The maximum atomic E-state index is 14.4. The number of thioether (sulfide) groups is 1. The Kier molecular flexibility index (Phi) is 19.6. The molecule has 0 radical (unpaired) electrons. The molecule has 0 aliphatic heterocycles. The van der Waals surface area contributed by atoms with Gasteiger partial charge >= 0.3 is 24.3 Å². The molecule has 384 valence electrons. The Labute approximate surface area is 423 Å². The Morgan fingerprint density at radius 1 is 0.761 bits per heavy atom. The number of urea groups is 1. The van der Waals surface area contributed by atoms with Gasteiger partial charge in [-0.05, 0) is 160 Å². The molecule has 0 aliphatic rings. The molecule has 0 aliphatic carbocycles.